The second-order valence-corrected chi connectivity index (χ2v) is 4.54. The highest BCUT2D eigenvalue weighted by molar-refractivity contribution is 7.15. The van der Waals surface area contributed by atoms with Crippen LogP contribution in [0.4, 0.5) is 0 Å². The molecule has 1 aromatic carbocycles. The van der Waals surface area contributed by atoms with E-state index in [4.69, 9.17) is 11.6 Å². The number of fused-ring (bicyclic) bond motifs is 1. The van der Waals surface area contributed by atoms with Crippen LogP contribution in [0.5, 0.6) is 0 Å². The Balaban J connectivity index is 2.17. The minimum atomic E-state index is 0.740. The molecule has 0 spiro atoms. The SMILES string of the molecule is Clc1cccc(-c2cn3ccsc3n2)c1. The molecular formula is C11H7ClN2S. The second kappa shape index (κ2) is 3.36. The molecule has 0 bridgehead atoms. The summed E-state index contributed by atoms with van der Waals surface area (Å²) in [5.41, 5.74) is 2.02. The summed E-state index contributed by atoms with van der Waals surface area (Å²) in [6.07, 6.45) is 4.01. The molecule has 0 aliphatic heterocycles. The number of hydrogen-bond donors (Lipinski definition) is 0. The van der Waals surface area contributed by atoms with Gasteiger partial charge in [-0.05, 0) is 12.1 Å². The third-order valence-electron chi connectivity index (χ3n) is 2.21. The molecule has 15 heavy (non-hydrogen) atoms. The lowest BCUT2D eigenvalue weighted by molar-refractivity contribution is 1.23. The van der Waals surface area contributed by atoms with Crippen molar-refractivity contribution in [1.82, 2.24) is 9.38 Å². The smallest absolute Gasteiger partial charge is 0.194 e. The van der Waals surface area contributed by atoms with Crippen LogP contribution >= 0.6 is 22.9 Å². The quantitative estimate of drug-likeness (QED) is 0.627. The maximum Gasteiger partial charge on any atom is 0.194 e. The number of benzene rings is 1. The van der Waals surface area contributed by atoms with Crippen molar-refractivity contribution in [1.29, 1.82) is 0 Å². The second-order valence-electron chi connectivity index (χ2n) is 3.23. The molecule has 0 saturated carbocycles. The van der Waals surface area contributed by atoms with E-state index in [1.165, 1.54) is 0 Å². The zero-order valence-corrected chi connectivity index (χ0v) is 9.29. The Morgan fingerprint density at radius 1 is 1.33 bits per heavy atom. The lowest BCUT2D eigenvalue weighted by Gasteiger charge is -1.95. The van der Waals surface area contributed by atoms with Crippen LogP contribution in [0.2, 0.25) is 5.02 Å². The van der Waals surface area contributed by atoms with Gasteiger partial charge in [-0.15, -0.1) is 11.3 Å². The van der Waals surface area contributed by atoms with Gasteiger partial charge in [0.25, 0.3) is 0 Å². The Labute approximate surface area is 95.8 Å². The third kappa shape index (κ3) is 1.54. The van der Waals surface area contributed by atoms with E-state index in [2.05, 4.69) is 4.98 Å². The van der Waals surface area contributed by atoms with E-state index in [-0.39, 0.29) is 0 Å². The first kappa shape index (κ1) is 8.95. The van der Waals surface area contributed by atoms with Crippen LogP contribution < -0.4 is 0 Å². The average molecular weight is 235 g/mol. The molecule has 0 amide bonds. The van der Waals surface area contributed by atoms with Gasteiger partial charge in [0.15, 0.2) is 4.96 Å². The summed E-state index contributed by atoms with van der Waals surface area (Å²) in [6.45, 7) is 0. The molecule has 0 aliphatic carbocycles. The average Bonchev–Trinajstić information content (AvgIpc) is 2.76. The molecule has 2 nitrogen and oxygen atoms in total. The number of rotatable bonds is 1. The van der Waals surface area contributed by atoms with Gasteiger partial charge in [0.2, 0.25) is 0 Å². The van der Waals surface area contributed by atoms with Crippen LogP contribution in [0.3, 0.4) is 0 Å². The molecule has 4 heteroatoms. The van der Waals surface area contributed by atoms with Gasteiger partial charge in [-0.3, -0.25) is 4.40 Å². The highest BCUT2D eigenvalue weighted by Crippen LogP contribution is 2.23. The summed E-state index contributed by atoms with van der Waals surface area (Å²) in [5, 5.41) is 2.76. The van der Waals surface area contributed by atoms with Crippen molar-refractivity contribution in [3.63, 3.8) is 0 Å². The molecule has 74 valence electrons. The predicted octanol–water partition coefficient (Wildman–Crippen LogP) is 3.72. The Morgan fingerprint density at radius 3 is 3.07 bits per heavy atom. The molecule has 3 aromatic rings. The van der Waals surface area contributed by atoms with Gasteiger partial charge in [0.1, 0.15) is 0 Å². The fraction of sp³-hybridized carbons (Fsp3) is 0. The molecule has 0 fully saturated rings. The fourth-order valence-electron chi connectivity index (χ4n) is 1.51. The minimum Gasteiger partial charge on any atom is -0.297 e. The van der Waals surface area contributed by atoms with E-state index < -0.39 is 0 Å². The monoisotopic (exact) mass is 234 g/mol. The van der Waals surface area contributed by atoms with E-state index >= 15 is 0 Å². The van der Waals surface area contributed by atoms with Crippen LogP contribution in [0, 0.1) is 0 Å². The van der Waals surface area contributed by atoms with E-state index in [1.54, 1.807) is 11.3 Å². The van der Waals surface area contributed by atoms with E-state index in [1.807, 2.05) is 46.4 Å². The minimum absolute atomic E-state index is 0.740. The van der Waals surface area contributed by atoms with Gasteiger partial charge in [-0.2, -0.15) is 0 Å². The highest BCUT2D eigenvalue weighted by atomic mass is 35.5. The number of imidazole rings is 1. The molecule has 0 atom stereocenters. The zero-order chi connectivity index (χ0) is 10.3. The van der Waals surface area contributed by atoms with Gasteiger partial charge >= 0.3 is 0 Å². The van der Waals surface area contributed by atoms with Crippen molar-refractivity contribution in [2.45, 2.75) is 0 Å². The standard InChI is InChI=1S/C11H7ClN2S/c12-9-3-1-2-8(6-9)10-7-14-4-5-15-11(14)13-10/h1-7H. The largest absolute Gasteiger partial charge is 0.297 e. The lowest BCUT2D eigenvalue weighted by atomic mass is 10.2. The Kier molecular flexibility index (Phi) is 2.01. The first-order valence-corrected chi connectivity index (χ1v) is 5.77. The van der Waals surface area contributed by atoms with Crippen LogP contribution in [0.25, 0.3) is 16.2 Å². The molecule has 0 aliphatic rings. The van der Waals surface area contributed by atoms with Crippen molar-refractivity contribution in [2.75, 3.05) is 0 Å². The number of aromatic nitrogens is 2. The highest BCUT2D eigenvalue weighted by Gasteiger charge is 2.04. The van der Waals surface area contributed by atoms with Crippen LogP contribution in [0.1, 0.15) is 0 Å². The van der Waals surface area contributed by atoms with Gasteiger partial charge in [0, 0.05) is 28.4 Å². The zero-order valence-electron chi connectivity index (χ0n) is 7.72. The molecule has 2 heterocycles. The van der Waals surface area contributed by atoms with E-state index in [0.717, 1.165) is 21.2 Å². The summed E-state index contributed by atoms with van der Waals surface area (Å²) in [5.74, 6) is 0. The van der Waals surface area contributed by atoms with Crippen molar-refractivity contribution in [2.24, 2.45) is 0 Å². The summed E-state index contributed by atoms with van der Waals surface area (Å²) < 4.78 is 2.01. The first-order valence-electron chi connectivity index (χ1n) is 4.51. The number of thiazole rings is 1. The molecule has 2 aromatic heterocycles. The molecule has 3 rings (SSSR count). The number of hydrogen-bond acceptors (Lipinski definition) is 2. The molecule has 0 unspecified atom stereocenters. The van der Waals surface area contributed by atoms with Gasteiger partial charge in [-0.25, -0.2) is 4.98 Å². The molecule has 0 N–H and O–H groups in total. The normalized spacial score (nSPS) is 11.0. The molecule has 0 saturated heterocycles. The van der Waals surface area contributed by atoms with E-state index in [0.29, 0.717) is 0 Å². The molecular weight excluding hydrogens is 228 g/mol. The molecule has 0 radical (unpaired) electrons. The van der Waals surface area contributed by atoms with E-state index in [9.17, 15) is 0 Å². The Morgan fingerprint density at radius 2 is 2.27 bits per heavy atom. The number of nitrogens with zero attached hydrogens (tertiary/aromatic N) is 2. The van der Waals surface area contributed by atoms with Crippen molar-refractivity contribution in [3.8, 4) is 11.3 Å². The maximum atomic E-state index is 5.94. The summed E-state index contributed by atoms with van der Waals surface area (Å²) >= 11 is 7.56. The van der Waals surface area contributed by atoms with Gasteiger partial charge in [-0.1, -0.05) is 23.7 Å². The first-order chi connectivity index (χ1) is 7.33. The van der Waals surface area contributed by atoms with Gasteiger partial charge < -0.3 is 0 Å². The summed E-state index contributed by atoms with van der Waals surface area (Å²) in [6, 6.07) is 7.74. The maximum absolute atomic E-state index is 5.94. The topological polar surface area (TPSA) is 17.3 Å². The van der Waals surface area contributed by atoms with Crippen LogP contribution in [-0.2, 0) is 0 Å². The third-order valence-corrected chi connectivity index (χ3v) is 3.22. The summed E-state index contributed by atoms with van der Waals surface area (Å²) in [4.78, 5) is 5.51. The predicted molar refractivity (Wildman–Crippen MR) is 63.5 cm³/mol. The van der Waals surface area contributed by atoms with Gasteiger partial charge in [0.05, 0.1) is 5.69 Å². The van der Waals surface area contributed by atoms with Crippen molar-refractivity contribution >= 4 is 27.9 Å². The van der Waals surface area contributed by atoms with Crippen molar-refractivity contribution < 1.29 is 0 Å². The Bertz CT molecular complexity index is 583. The van der Waals surface area contributed by atoms with Crippen LogP contribution in [0.15, 0.2) is 42.0 Å². The Hall–Kier alpha value is -1.32. The lowest BCUT2D eigenvalue weighted by Crippen LogP contribution is -1.76. The fourth-order valence-corrected chi connectivity index (χ4v) is 2.40. The van der Waals surface area contributed by atoms with Crippen LogP contribution in [-0.4, -0.2) is 9.38 Å². The number of halogens is 1. The van der Waals surface area contributed by atoms with Crippen molar-refractivity contribution in [3.05, 3.63) is 47.1 Å². The summed E-state index contributed by atoms with van der Waals surface area (Å²) in [7, 11) is 0.